The first-order valence-corrected chi connectivity index (χ1v) is 4.74. The summed E-state index contributed by atoms with van der Waals surface area (Å²) in [5.41, 5.74) is 0. The highest BCUT2D eigenvalue weighted by atomic mass is 31.2. The van der Waals surface area contributed by atoms with Gasteiger partial charge in [0, 0.05) is 6.66 Å². The van der Waals surface area contributed by atoms with Gasteiger partial charge in [-0.2, -0.15) is 0 Å². The van der Waals surface area contributed by atoms with Crippen LogP contribution in [0.4, 0.5) is 0 Å². The quantitative estimate of drug-likeness (QED) is 0.509. The van der Waals surface area contributed by atoms with Crippen molar-refractivity contribution in [3.8, 4) is 0 Å². The van der Waals surface area contributed by atoms with Gasteiger partial charge in [-0.25, -0.2) is 5.09 Å². The minimum absolute atomic E-state index is 0.985. The predicted molar refractivity (Wildman–Crippen MR) is 36.0 cm³/mol. The molecule has 0 radical (unpaired) electrons. The zero-order valence-electron chi connectivity index (χ0n) is 5.74. The summed E-state index contributed by atoms with van der Waals surface area (Å²) in [6.07, 6.45) is 0. The molecule has 10 heavy (non-hydrogen) atoms. The van der Waals surface area contributed by atoms with Crippen LogP contribution in [0.25, 0.3) is 0 Å². The van der Waals surface area contributed by atoms with E-state index in [1.165, 1.54) is 6.92 Å². The Hall–Kier alpha value is -0.380. The predicted octanol–water partition coefficient (Wildman–Crippen LogP) is -0.136. The molecule has 0 aromatic carbocycles. The van der Waals surface area contributed by atoms with Gasteiger partial charge in [-0.1, -0.05) is 0 Å². The summed E-state index contributed by atoms with van der Waals surface area (Å²) >= 11 is 0. The largest absolute Gasteiger partial charge is 0.480 e. The minimum Gasteiger partial charge on any atom is -0.480 e. The maximum atomic E-state index is 10.5. The maximum Gasteiger partial charge on any atom is 0.320 e. The Balaban J connectivity index is 3.93. The molecule has 0 aliphatic heterocycles. The Labute approximate surface area is 58.6 Å². The smallest absolute Gasteiger partial charge is 0.320 e. The first-order chi connectivity index (χ1) is 4.33. The third kappa shape index (κ3) is 4.49. The van der Waals surface area contributed by atoms with Crippen LogP contribution in [0.15, 0.2) is 0 Å². The maximum absolute atomic E-state index is 10.5. The molecule has 60 valence electrons. The van der Waals surface area contributed by atoms with Crippen LogP contribution in [0.1, 0.15) is 6.92 Å². The van der Waals surface area contributed by atoms with Gasteiger partial charge in [0.2, 0.25) is 0 Å². The van der Waals surface area contributed by atoms with Crippen molar-refractivity contribution in [2.45, 2.75) is 13.0 Å². The first-order valence-electron chi connectivity index (χ1n) is 2.64. The number of carboxylic acid groups (broad SMARTS) is 1. The van der Waals surface area contributed by atoms with E-state index in [2.05, 4.69) is 0 Å². The fourth-order valence-corrected chi connectivity index (χ4v) is 1.24. The standard InChI is InChI=1S/C4H10NO4P/c1-3(4(6)7)5-10(2,8)9/h3H,1-2H3,(H,6,7)(H2,5,8,9). The van der Waals surface area contributed by atoms with E-state index < -0.39 is 19.5 Å². The highest BCUT2D eigenvalue weighted by Gasteiger charge is 2.18. The second-order valence-electron chi connectivity index (χ2n) is 2.07. The van der Waals surface area contributed by atoms with Crippen LogP contribution in [0.3, 0.4) is 0 Å². The third-order valence-electron chi connectivity index (χ3n) is 0.804. The normalized spacial score (nSPS) is 19.5. The molecule has 2 atom stereocenters. The van der Waals surface area contributed by atoms with Gasteiger partial charge in [0.1, 0.15) is 6.04 Å². The molecule has 0 fully saturated rings. The zero-order chi connectivity index (χ0) is 8.36. The van der Waals surface area contributed by atoms with Crippen LogP contribution >= 0.6 is 7.52 Å². The molecule has 0 aromatic rings. The molecule has 0 bridgehead atoms. The lowest BCUT2D eigenvalue weighted by atomic mass is 10.4. The summed E-state index contributed by atoms with van der Waals surface area (Å²) < 4.78 is 10.5. The lowest BCUT2D eigenvalue weighted by Gasteiger charge is -2.10. The van der Waals surface area contributed by atoms with Crippen molar-refractivity contribution in [1.82, 2.24) is 5.09 Å². The van der Waals surface area contributed by atoms with Crippen LogP contribution in [-0.4, -0.2) is 28.7 Å². The Bertz CT molecular complexity index is 174. The Morgan fingerprint density at radius 2 is 2.10 bits per heavy atom. The van der Waals surface area contributed by atoms with Gasteiger partial charge >= 0.3 is 5.97 Å². The molecule has 6 heteroatoms. The van der Waals surface area contributed by atoms with Crippen LogP contribution in [0.2, 0.25) is 0 Å². The molecule has 0 aliphatic carbocycles. The summed E-state index contributed by atoms with van der Waals surface area (Å²) in [7, 11) is -3.41. The van der Waals surface area contributed by atoms with E-state index in [0.717, 1.165) is 6.66 Å². The van der Waals surface area contributed by atoms with E-state index in [1.807, 2.05) is 5.09 Å². The Morgan fingerprint density at radius 3 is 2.20 bits per heavy atom. The third-order valence-corrected chi connectivity index (χ3v) is 1.67. The number of rotatable bonds is 3. The molecule has 5 nitrogen and oxygen atoms in total. The van der Waals surface area contributed by atoms with Crippen molar-refractivity contribution in [1.29, 1.82) is 0 Å². The van der Waals surface area contributed by atoms with E-state index in [4.69, 9.17) is 10.00 Å². The summed E-state index contributed by atoms with van der Waals surface area (Å²) in [5.74, 6) is -1.14. The molecular formula is C4H10NO4P. The molecule has 2 unspecified atom stereocenters. The summed E-state index contributed by atoms with van der Waals surface area (Å²) in [4.78, 5) is 18.7. The van der Waals surface area contributed by atoms with Crippen LogP contribution in [0.5, 0.6) is 0 Å². The van der Waals surface area contributed by atoms with Crippen molar-refractivity contribution < 1.29 is 19.4 Å². The molecule has 0 amide bonds. The van der Waals surface area contributed by atoms with E-state index >= 15 is 0 Å². The number of carboxylic acids is 1. The van der Waals surface area contributed by atoms with Crippen molar-refractivity contribution in [2.75, 3.05) is 6.66 Å². The van der Waals surface area contributed by atoms with Gasteiger partial charge in [0.25, 0.3) is 7.52 Å². The van der Waals surface area contributed by atoms with Gasteiger partial charge in [0.15, 0.2) is 0 Å². The number of hydrogen-bond donors (Lipinski definition) is 3. The van der Waals surface area contributed by atoms with Crippen LogP contribution < -0.4 is 5.09 Å². The summed E-state index contributed by atoms with van der Waals surface area (Å²) in [6, 6.07) is -0.985. The topological polar surface area (TPSA) is 86.6 Å². The lowest BCUT2D eigenvalue weighted by Crippen LogP contribution is -2.30. The molecule has 0 rings (SSSR count). The average molecular weight is 167 g/mol. The summed E-state index contributed by atoms with van der Waals surface area (Å²) in [5, 5.41) is 10.3. The van der Waals surface area contributed by atoms with E-state index in [0.29, 0.717) is 0 Å². The number of carbonyl (C=O) groups is 1. The van der Waals surface area contributed by atoms with E-state index in [1.54, 1.807) is 0 Å². The van der Waals surface area contributed by atoms with Crippen LogP contribution in [0, 0.1) is 0 Å². The molecule has 0 spiro atoms. The van der Waals surface area contributed by atoms with E-state index in [-0.39, 0.29) is 0 Å². The Morgan fingerprint density at radius 1 is 1.70 bits per heavy atom. The van der Waals surface area contributed by atoms with Gasteiger partial charge in [0.05, 0.1) is 0 Å². The molecule has 0 saturated carbocycles. The molecule has 3 N–H and O–H groups in total. The monoisotopic (exact) mass is 167 g/mol. The fourth-order valence-electron chi connectivity index (χ4n) is 0.415. The highest BCUT2D eigenvalue weighted by Crippen LogP contribution is 2.29. The first kappa shape index (κ1) is 9.62. The molecular weight excluding hydrogens is 157 g/mol. The molecule has 0 aromatic heterocycles. The second-order valence-corrected chi connectivity index (χ2v) is 4.08. The van der Waals surface area contributed by atoms with Crippen molar-refractivity contribution >= 4 is 13.5 Å². The number of nitrogens with one attached hydrogen (secondary N) is 1. The zero-order valence-corrected chi connectivity index (χ0v) is 6.63. The second kappa shape index (κ2) is 3.14. The minimum atomic E-state index is -3.41. The van der Waals surface area contributed by atoms with Crippen LogP contribution in [-0.2, 0) is 9.36 Å². The SMILES string of the molecule is CC(NP(C)(=O)O)C(=O)O. The molecule has 0 saturated heterocycles. The van der Waals surface area contributed by atoms with E-state index in [9.17, 15) is 9.36 Å². The van der Waals surface area contributed by atoms with Gasteiger partial charge < -0.3 is 10.00 Å². The van der Waals surface area contributed by atoms with Crippen molar-refractivity contribution in [2.24, 2.45) is 0 Å². The fraction of sp³-hybridized carbons (Fsp3) is 0.750. The van der Waals surface area contributed by atoms with Gasteiger partial charge in [-0.05, 0) is 6.92 Å². The average Bonchev–Trinajstić information content (AvgIpc) is 1.60. The van der Waals surface area contributed by atoms with Gasteiger partial charge in [-0.15, -0.1) is 0 Å². The molecule has 0 heterocycles. The van der Waals surface area contributed by atoms with Gasteiger partial charge in [-0.3, -0.25) is 9.36 Å². The lowest BCUT2D eigenvalue weighted by molar-refractivity contribution is -0.138. The number of aliphatic carboxylic acids is 1. The number of hydrogen-bond acceptors (Lipinski definition) is 2. The Kier molecular flexibility index (Phi) is 3.02. The summed E-state index contributed by atoms with van der Waals surface area (Å²) in [6.45, 7) is 2.35. The highest BCUT2D eigenvalue weighted by molar-refractivity contribution is 7.55. The molecule has 0 aliphatic rings. The van der Waals surface area contributed by atoms with Crippen molar-refractivity contribution in [3.05, 3.63) is 0 Å². The van der Waals surface area contributed by atoms with Crippen molar-refractivity contribution in [3.63, 3.8) is 0 Å².